The van der Waals surface area contributed by atoms with Crippen LogP contribution in [0.5, 0.6) is 0 Å². The molecule has 0 unspecified atom stereocenters. The van der Waals surface area contributed by atoms with Crippen molar-refractivity contribution in [3.05, 3.63) is 34.1 Å². The summed E-state index contributed by atoms with van der Waals surface area (Å²) in [5.41, 5.74) is 5.74. The molecule has 0 aliphatic heterocycles. The summed E-state index contributed by atoms with van der Waals surface area (Å²) >= 11 is 7.86. The van der Waals surface area contributed by atoms with Gasteiger partial charge in [-0.15, -0.1) is 0 Å². The zero-order valence-corrected chi connectivity index (χ0v) is 11.4. The minimum absolute atomic E-state index is 0.250. The van der Waals surface area contributed by atoms with E-state index in [1.54, 1.807) is 0 Å². The van der Waals surface area contributed by atoms with Gasteiger partial charge in [0.1, 0.15) is 5.82 Å². The van der Waals surface area contributed by atoms with Crippen molar-refractivity contribution in [2.45, 2.75) is 12.8 Å². The van der Waals surface area contributed by atoms with E-state index in [-0.39, 0.29) is 11.7 Å². The van der Waals surface area contributed by atoms with Crippen LogP contribution < -0.4 is 11.1 Å². The van der Waals surface area contributed by atoms with Gasteiger partial charge in [0.2, 0.25) is 0 Å². The Hall–Kier alpha value is -1.01. The molecule has 0 saturated heterocycles. The van der Waals surface area contributed by atoms with Gasteiger partial charge in [0.25, 0.3) is 5.91 Å². The number of amides is 1. The van der Waals surface area contributed by atoms with Gasteiger partial charge in [-0.05, 0) is 47.0 Å². The second-order valence-electron chi connectivity index (χ2n) is 3.45. The Balaban J connectivity index is 2.50. The van der Waals surface area contributed by atoms with Crippen LogP contribution in [0.4, 0.5) is 4.39 Å². The van der Waals surface area contributed by atoms with E-state index in [1.807, 2.05) is 0 Å². The van der Waals surface area contributed by atoms with Crippen LogP contribution in [0.2, 0.25) is 0 Å². The molecule has 0 aromatic heterocycles. The molecule has 0 bridgehead atoms. The van der Waals surface area contributed by atoms with E-state index >= 15 is 0 Å². The van der Waals surface area contributed by atoms with E-state index in [4.69, 9.17) is 18.0 Å². The summed E-state index contributed by atoms with van der Waals surface area (Å²) in [7, 11) is 0. The van der Waals surface area contributed by atoms with Gasteiger partial charge in [0.05, 0.1) is 10.6 Å². The molecule has 6 heteroatoms. The molecule has 3 N–H and O–H groups in total. The number of rotatable bonds is 5. The number of halogens is 2. The van der Waals surface area contributed by atoms with E-state index in [9.17, 15) is 9.18 Å². The molecular weight excluding hydrogens is 307 g/mol. The van der Waals surface area contributed by atoms with E-state index in [1.165, 1.54) is 18.2 Å². The summed E-state index contributed by atoms with van der Waals surface area (Å²) in [6.07, 6.45) is 1.29. The molecule has 0 spiro atoms. The summed E-state index contributed by atoms with van der Waals surface area (Å²) in [6, 6.07) is 3.93. The average Bonchev–Trinajstić information content (AvgIpc) is 2.23. The zero-order valence-electron chi connectivity index (χ0n) is 9.00. The first-order chi connectivity index (χ1) is 8.00. The number of thiocarbonyl (C=S) groups is 1. The van der Waals surface area contributed by atoms with Crippen molar-refractivity contribution in [3.8, 4) is 0 Å². The predicted molar refractivity (Wildman–Crippen MR) is 72.5 cm³/mol. The normalized spacial score (nSPS) is 10.0. The highest BCUT2D eigenvalue weighted by Crippen LogP contribution is 2.17. The van der Waals surface area contributed by atoms with Crippen LogP contribution in [0, 0.1) is 5.82 Å². The first-order valence-corrected chi connectivity index (χ1v) is 6.22. The van der Waals surface area contributed by atoms with Crippen molar-refractivity contribution < 1.29 is 9.18 Å². The molecule has 0 saturated carbocycles. The van der Waals surface area contributed by atoms with Crippen molar-refractivity contribution in [3.63, 3.8) is 0 Å². The summed E-state index contributed by atoms with van der Waals surface area (Å²) in [5, 5.41) is 2.71. The number of carbonyl (C=O) groups is 1. The Morgan fingerprint density at radius 3 is 2.82 bits per heavy atom. The first-order valence-electron chi connectivity index (χ1n) is 5.02. The molecule has 0 fully saturated rings. The highest BCUT2D eigenvalue weighted by molar-refractivity contribution is 9.10. The maximum Gasteiger partial charge on any atom is 0.252 e. The van der Waals surface area contributed by atoms with E-state index in [0.717, 1.165) is 0 Å². The standard InChI is InChI=1S/C11H12BrFN2OS/c12-9-6-7(13)3-4-8(9)11(16)15-5-1-2-10(14)17/h3-4,6H,1-2,5H2,(H2,14,17)(H,15,16). The Kier molecular flexibility index (Phi) is 5.50. The fourth-order valence-electron chi connectivity index (χ4n) is 1.23. The van der Waals surface area contributed by atoms with Crippen LogP contribution in [0.15, 0.2) is 22.7 Å². The summed E-state index contributed by atoms with van der Waals surface area (Å²) < 4.78 is 13.3. The minimum Gasteiger partial charge on any atom is -0.393 e. The lowest BCUT2D eigenvalue weighted by molar-refractivity contribution is 0.0952. The lowest BCUT2D eigenvalue weighted by atomic mass is 10.2. The highest BCUT2D eigenvalue weighted by Gasteiger charge is 2.09. The molecule has 1 aromatic rings. The number of nitrogens with one attached hydrogen (secondary N) is 1. The van der Waals surface area contributed by atoms with Gasteiger partial charge in [-0.1, -0.05) is 12.2 Å². The molecule has 1 rings (SSSR count). The largest absolute Gasteiger partial charge is 0.393 e. The van der Waals surface area contributed by atoms with Crippen molar-refractivity contribution in [2.24, 2.45) is 5.73 Å². The maximum absolute atomic E-state index is 12.8. The highest BCUT2D eigenvalue weighted by atomic mass is 79.9. The van der Waals surface area contributed by atoms with Crippen LogP contribution >= 0.6 is 28.1 Å². The molecule has 1 aromatic carbocycles. The smallest absolute Gasteiger partial charge is 0.252 e. The molecule has 0 aliphatic rings. The number of hydrogen-bond donors (Lipinski definition) is 2. The molecule has 0 aliphatic carbocycles. The van der Waals surface area contributed by atoms with Crippen molar-refractivity contribution in [1.82, 2.24) is 5.32 Å². The van der Waals surface area contributed by atoms with Crippen LogP contribution in [0.25, 0.3) is 0 Å². The SMILES string of the molecule is NC(=S)CCCNC(=O)c1ccc(F)cc1Br. The molecule has 92 valence electrons. The van der Waals surface area contributed by atoms with E-state index in [2.05, 4.69) is 21.2 Å². The molecule has 0 radical (unpaired) electrons. The second-order valence-corrected chi connectivity index (χ2v) is 4.83. The van der Waals surface area contributed by atoms with Gasteiger partial charge in [-0.2, -0.15) is 0 Å². The van der Waals surface area contributed by atoms with Gasteiger partial charge in [-0.25, -0.2) is 4.39 Å². The number of hydrogen-bond acceptors (Lipinski definition) is 2. The van der Waals surface area contributed by atoms with Crippen molar-refractivity contribution in [2.75, 3.05) is 6.54 Å². The lowest BCUT2D eigenvalue weighted by Gasteiger charge is -2.06. The molecule has 3 nitrogen and oxygen atoms in total. The summed E-state index contributed by atoms with van der Waals surface area (Å²) in [4.78, 5) is 12.1. The minimum atomic E-state index is -0.387. The molecule has 17 heavy (non-hydrogen) atoms. The third-order valence-electron chi connectivity index (χ3n) is 2.06. The molecule has 0 atom stereocenters. The predicted octanol–water partition coefficient (Wildman–Crippen LogP) is 2.38. The Morgan fingerprint density at radius 2 is 2.24 bits per heavy atom. The number of nitrogens with two attached hydrogens (primary N) is 1. The maximum atomic E-state index is 12.8. The third-order valence-corrected chi connectivity index (χ3v) is 2.92. The van der Waals surface area contributed by atoms with Crippen molar-refractivity contribution >= 4 is 39.0 Å². The number of benzene rings is 1. The Labute approximate surface area is 113 Å². The van der Waals surface area contributed by atoms with Gasteiger partial charge in [-0.3, -0.25) is 4.79 Å². The van der Waals surface area contributed by atoms with Crippen LogP contribution in [0.1, 0.15) is 23.2 Å². The van der Waals surface area contributed by atoms with Gasteiger partial charge >= 0.3 is 0 Å². The zero-order chi connectivity index (χ0) is 12.8. The fraction of sp³-hybridized carbons (Fsp3) is 0.273. The van der Waals surface area contributed by atoms with E-state index < -0.39 is 0 Å². The summed E-state index contributed by atoms with van der Waals surface area (Å²) in [5.74, 6) is -0.637. The topological polar surface area (TPSA) is 55.1 Å². The van der Waals surface area contributed by atoms with Crippen LogP contribution in [-0.2, 0) is 0 Å². The van der Waals surface area contributed by atoms with Gasteiger partial charge in [0, 0.05) is 11.0 Å². The van der Waals surface area contributed by atoms with E-state index in [0.29, 0.717) is 34.4 Å². The monoisotopic (exact) mass is 318 g/mol. The Bertz CT molecular complexity index is 439. The first kappa shape index (κ1) is 14.1. The molecule has 0 heterocycles. The third kappa shape index (κ3) is 4.79. The average molecular weight is 319 g/mol. The van der Waals surface area contributed by atoms with Crippen molar-refractivity contribution in [1.29, 1.82) is 0 Å². The fourth-order valence-corrected chi connectivity index (χ4v) is 1.91. The molecular formula is C11H12BrFN2OS. The van der Waals surface area contributed by atoms with Gasteiger partial charge in [0.15, 0.2) is 0 Å². The Morgan fingerprint density at radius 1 is 1.53 bits per heavy atom. The molecule has 1 amide bonds. The quantitative estimate of drug-likeness (QED) is 0.647. The lowest BCUT2D eigenvalue weighted by Crippen LogP contribution is -2.25. The van der Waals surface area contributed by atoms with Crippen LogP contribution in [-0.4, -0.2) is 17.4 Å². The van der Waals surface area contributed by atoms with Gasteiger partial charge < -0.3 is 11.1 Å². The summed E-state index contributed by atoms with van der Waals surface area (Å²) in [6.45, 7) is 0.486. The number of carbonyl (C=O) groups excluding carboxylic acids is 1. The van der Waals surface area contributed by atoms with Crippen LogP contribution in [0.3, 0.4) is 0 Å². The second kappa shape index (κ2) is 6.66.